The number of nitrogens with one attached hydrogen (secondary N) is 1. The molecule has 112 valence electrons. The normalized spacial score (nSPS) is 11.4. The van der Waals surface area contributed by atoms with Crippen molar-refractivity contribution in [1.82, 2.24) is 0 Å². The van der Waals surface area contributed by atoms with Crippen molar-refractivity contribution in [2.45, 2.75) is 25.3 Å². The number of rotatable bonds is 4. The van der Waals surface area contributed by atoms with E-state index in [0.717, 1.165) is 11.1 Å². The molecule has 0 fully saturated rings. The van der Waals surface area contributed by atoms with E-state index in [1.165, 1.54) is 6.07 Å². The van der Waals surface area contributed by atoms with Gasteiger partial charge in [0.15, 0.2) is 0 Å². The molecule has 0 bridgehead atoms. The van der Waals surface area contributed by atoms with Gasteiger partial charge in [-0.05, 0) is 48.7 Å². The number of anilines is 1. The van der Waals surface area contributed by atoms with Crippen molar-refractivity contribution in [1.29, 1.82) is 0 Å². The highest BCUT2D eigenvalue weighted by Gasteiger charge is 2.19. The number of hydrogen-bond acceptors (Lipinski definition) is 3. The molecule has 2 aromatic carbocycles. The van der Waals surface area contributed by atoms with Gasteiger partial charge < -0.3 is 5.73 Å². The van der Waals surface area contributed by atoms with E-state index in [-0.39, 0.29) is 16.5 Å². The van der Waals surface area contributed by atoms with Crippen LogP contribution in [-0.4, -0.2) is 8.42 Å². The third-order valence-electron chi connectivity index (χ3n) is 3.16. The number of hydrogen-bond donors (Lipinski definition) is 2. The van der Waals surface area contributed by atoms with Crippen molar-refractivity contribution in [2.24, 2.45) is 5.73 Å². The van der Waals surface area contributed by atoms with Crippen molar-refractivity contribution in [2.75, 3.05) is 4.72 Å². The molecule has 0 aliphatic carbocycles. The molecule has 0 unspecified atom stereocenters. The van der Waals surface area contributed by atoms with E-state index in [2.05, 4.69) is 4.72 Å². The summed E-state index contributed by atoms with van der Waals surface area (Å²) in [5, 5.41) is 0.171. The molecule has 0 aliphatic heterocycles. The van der Waals surface area contributed by atoms with Crippen LogP contribution in [0.4, 0.5) is 5.69 Å². The molecule has 0 radical (unpaired) electrons. The minimum Gasteiger partial charge on any atom is -0.326 e. The Kier molecular flexibility index (Phi) is 4.56. The van der Waals surface area contributed by atoms with Gasteiger partial charge in [0.05, 0.1) is 10.7 Å². The topological polar surface area (TPSA) is 72.2 Å². The van der Waals surface area contributed by atoms with Gasteiger partial charge in [-0.25, -0.2) is 8.42 Å². The van der Waals surface area contributed by atoms with Crippen LogP contribution >= 0.6 is 11.6 Å². The van der Waals surface area contributed by atoms with Crippen LogP contribution in [0, 0.1) is 13.8 Å². The lowest BCUT2D eigenvalue weighted by Crippen LogP contribution is -2.15. The molecule has 2 rings (SSSR count). The predicted molar refractivity (Wildman–Crippen MR) is 86.1 cm³/mol. The lowest BCUT2D eigenvalue weighted by molar-refractivity contribution is 0.601. The van der Waals surface area contributed by atoms with Gasteiger partial charge in [0.25, 0.3) is 10.0 Å². The van der Waals surface area contributed by atoms with Gasteiger partial charge in [-0.3, -0.25) is 4.72 Å². The minimum atomic E-state index is -3.75. The first-order valence-corrected chi connectivity index (χ1v) is 8.28. The van der Waals surface area contributed by atoms with Gasteiger partial charge in [-0.15, -0.1) is 0 Å². The largest absolute Gasteiger partial charge is 0.326 e. The summed E-state index contributed by atoms with van der Waals surface area (Å²) >= 11 is 6.02. The van der Waals surface area contributed by atoms with Gasteiger partial charge in [0.1, 0.15) is 4.90 Å². The molecule has 21 heavy (non-hydrogen) atoms. The van der Waals surface area contributed by atoms with Crippen molar-refractivity contribution in [3.05, 3.63) is 58.1 Å². The summed E-state index contributed by atoms with van der Waals surface area (Å²) < 4.78 is 27.6. The van der Waals surface area contributed by atoms with E-state index < -0.39 is 10.0 Å². The Morgan fingerprint density at radius 2 is 1.86 bits per heavy atom. The third kappa shape index (κ3) is 3.56. The molecule has 0 atom stereocenters. The summed E-state index contributed by atoms with van der Waals surface area (Å²) in [5.74, 6) is 0. The Hall–Kier alpha value is -1.56. The summed E-state index contributed by atoms with van der Waals surface area (Å²) in [6.07, 6.45) is 0. The van der Waals surface area contributed by atoms with Crippen LogP contribution in [0.1, 0.15) is 16.7 Å². The Labute approximate surface area is 130 Å². The van der Waals surface area contributed by atoms with Gasteiger partial charge in [-0.2, -0.15) is 0 Å². The van der Waals surface area contributed by atoms with Crippen molar-refractivity contribution >= 4 is 27.3 Å². The quantitative estimate of drug-likeness (QED) is 0.907. The SMILES string of the molecule is Cc1ccc(C)c(NS(=O)(=O)c2cc(CN)ccc2Cl)c1. The number of nitrogens with two attached hydrogens (primary N) is 1. The summed E-state index contributed by atoms with van der Waals surface area (Å²) in [5.41, 5.74) is 8.62. The maximum Gasteiger partial charge on any atom is 0.263 e. The lowest BCUT2D eigenvalue weighted by atomic mass is 10.1. The maximum atomic E-state index is 12.5. The first kappa shape index (κ1) is 15.8. The average Bonchev–Trinajstić information content (AvgIpc) is 2.43. The molecule has 6 heteroatoms. The number of aryl methyl sites for hydroxylation is 2. The van der Waals surface area contributed by atoms with E-state index >= 15 is 0 Å². The molecule has 3 N–H and O–H groups in total. The molecule has 0 aromatic heterocycles. The van der Waals surface area contributed by atoms with E-state index in [0.29, 0.717) is 11.3 Å². The van der Waals surface area contributed by atoms with Gasteiger partial charge in [0.2, 0.25) is 0 Å². The second-order valence-electron chi connectivity index (χ2n) is 4.89. The molecule has 0 aliphatic rings. The summed E-state index contributed by atoms with van der Waals surface area (Å²) in [6.45, 7) is 4.00. The summed E-state index contributed by atoms with van der Waals surface area (Å²) in [4.78, 5) is 0.0352. The molecule has 0 spiro atoms. The Morgan fingerprint density at radius 3 is 2.52 bits per heavy atom. The van der Waals surface area contributed by atoms with E-state index in [1.807, 2.05) is 26.0 Å². The van der Waals surface area contributed by atoms with Gasteiger partial charge >= 0.3 is 0 Å². The Bertz CT molecular complexity index is 773. The smallest absolute Gasteiger partial charge is 0.263 e. The Balaban J connectivity index is 2.45. The molecular weight excluding hydrogens is 308 g/mol. The predicted octanol–water partition coefficient (Wildman–Crippen LogP) is 3.22. The van der Waals surface area contributed by atoms with Crippen LogP contribution < -0.4 is 10.5 Å². The molecule has 0 saturated carbocycles. The fourth-order valence-electron chi connectivity index (χ4n) is 1.93. The highest BCUT2D eigenvalue weighted by Crippen LogP contribution is 2.26. The first-order valence-electron chi connectivity index (χ1n) is 6.42. The summed E-state index contributed by atoms with van der Waals surface area (Å²) in [6, 6.07) is 10.3. The second kappa shape index (κ2) is 6.05. The maximum absolute atomic E-state index is 12.5. The lowest BCUT2D eigenvalue weighted by Gasteiger charge is -2.13. The van der Waals surface area contributed by atoms with E-state index in [9.17, 15) is 8.42 Å². The molecular formula is C15H17ClN2O2S. The Morgan fingerprint density at radius 1 is 1.14 bits per heavy atom. The van der Waals surface area contributed by atoms with Crippen LogP contribution in [0.25, 0.3) is 0 Å². The molecule has 2 aromatic rings. The zero-order valence-corrected chi connectivity index (χ0v) is 13.4. The first-order chi connectivity index (χ1) is 9.83. The second-order valence-corrected chi connectivity index (χ2v) is 6.95. The molecule has 0 amide bonds. The minimum absolute atomic E-state index is 0.0352. The highest BCUT2D eigenvalue weighted by atomic mass is 35.5. The van der Waals surface area contributed by atoms with E-state index in [4.69, 9.17) is 17.3 Å². The number of benzene rings is 2. The third-order valence-corrected chi connectivity index (χ3v) is 5.01. The fraction of sp³-hybridized carbons (Fsp3) is 0.200. The van der Waals surface area contributed by atoms with Crippen LogP contribution in [0.2, 0.25) is 5.02 Å². The van der Waals surface area contributed by atoms with Crippen molar-refractivity contribution in [3.63, 3.8) is 0 Å². The summed E-state index contributed by atoms with van der Waals surface area (Å²) in [7, 11) is -3.75. The van der Waals surface area contributed by atoms with Gasteiger partial charge in [0, 0.05) is 6.54 Å². The highest BCUT2D eigenvalue weighted by molar-refractivity contribution is 7.92. The van der Waals surface area contributed by atoms with Crippen LogP contribution in [0.5, 0.6) is 0 Å². The molecule has 0 heterocycles. The molecule has 4 nitrogen and oxygen atoms in total. The van der Waals surface area contributed by atoms with Crippen molar-refractivity contribution in [3.8, 4) is 0 Å². The zero-order valence-electron chi connectivity index (χ0n) is 11.9. The number of sulfonamides is 1. The number of halogens is 1. The fourth-order valence-corrected chi connectivity index (χ4v) is 3.60. The standard InChI is InChI=1S/C15H17ClN2O2S/c1-10-3-4-11(2)14(7-10)18-21(19,20)15-8-12(9-17)5-6-13(15)16/h3-8,18H,9,17H2,1-2H3. The van der Waals surface area contributed by atoms with E-state index in [1.54, 1.807) is 18.2 Å². The zero-order chi connectivity index (χ0) is 15.6. The molecule has 0 saturated heterocycles. The monoisotopic (exact) mass is 324 g/mol. The van der Waals surface area contributed by atoms with Crippen LogP contribution in [-0.2, 0) is 16.6 Å². The van der Waals surface area contributed by atoms with Crippen LogP contribution in [0.3, 0.4) is 0 Å². The van der Waals surface area contributed by atoms with Gasteiger partial charge in [-0.1, -0.05) is 29.8 Å². The average molecular weight is 325 g/mol. The van der Waals surface area contributed by atoms with Crippen molar-refractivity contribution < 1.29 is 8.42 Å². The van der Waals surface area contributed by atoms with Crippen LogP contribution in [0.15, 0.2) is 41.3 Å².